The van der Waals surface area contributed by atoms with Gasteiger partial charge in [-0.25, -0.2) is 9.78 Å². The number of nitrogens with zero attached hydrogens (tertiary/aromatic N) is 2. The number of aromatic nitrogens is 3. The zero-order chi connectivity index (χ0) is 18.0. The molecule has 0 aromatic carbocycles. The summed E-state index contributed by atoms with van der Waals surface area (Å²) >= 11 is 0. The van der Waals surface area contributed by atoms with Crippen molar-refractivity contribution in [1.82, 2.24) is 19.9 Å². The highest BCUT2D eigenvalue weighted by Crippen LogP contribution is 2.39. The summed E-state index contributed by atoms with van der Waals surface area (Å²) in [6, 6.07) is 1.72. The zero-order valence-electron chi connectivity index (χ0n) is 14.7. The number of hydrogen-bond donors (Lipinski definition) is 2. The molecular formula is C18H24N4O3. The fourth-order valence-corrected chi connectivity index (χ4v) is 3.03. The predicted octanol–water partition coefficient (Wildman–Crippen LogP) is 1.90. The summed E-state index contributed by atoms with van der Waals surface area (Å²) in [6.45, 7) is 4.87. The number of unbranched alkanes of at least 4 members (excludes halogenated alkanes) is 2. The standard InChI is InChI=1S/C18H24N4O3/c1-3-5-6-9-19-16(23)12-10-13(11-7-8-11)20-15-14(12)17(24)21-18(25)22(15)4-2/h10-11H,3-9H2,1-2H3,(H,19,23)(H,21,24,25). The van der Waals surface area contributed by atoms with Crippen LogP contribution < -0.4 is 16.6 Å². The first kappa shape index (κ1) is 17.4. The molecule has 7 heteroatoms. The molecule has 2 aromatic heterocycles. The summed E-state index contributed by atoms with van der Waals surface area (Å²) in [4.78, 5) is 44.0. The minimum absolute atomic E-state index is 0.193. The van der Waals surface area contributed by atoms with Gasteiger partial charge in [0.1, 0.15) is 0 Å². The molecule has 1 saturated carbocycles. The molecule has 1 aliphatic carbocycles. The quantitative estimate of drug-likeness (QED) is 0.750. The van der Waals surface area contributed by atoms with Crippen molar-refractivity contribution < 1.29 is 4.79 Å². The van der Waals surface area contributed by atoms with Crippen molar-refractivity contribution in [2.75, 3.05) is 6.54 Å². The molecule has 1 amide bonds. The molecule has 2 N–H and O–H groups in total. The highest BCUT2D eigenvalue weighted by molar-refractivity contribution is 6.05. The summed E-state index contributed by atoms with van der Waals surface area (Å²) < 4.78 is 1.41. The first-order valence-electron chi connectivity index (χ1n) is 9.02. The highest BCUT2D eigenvalue weighted by atomic mass is 16.2. The van der Waals surface area contributed by atoms with Gasteiger partial charge in [-0.15, -0.1) is 0 Å². The number of rotatable bonds is 7. The van der Waals surface area contributed by atoms with Crippen LogP contribution in [0.25, 0.3) is 11.0 Å². The summed E-state index contributed by atoms with van der Waals surface area (Å²) in [5.41, 5.74) is 0.359. The Kier molecular flexibility index (Phi) is 5.01. The number of carbonyl (C=O) groups excluding carboxylic acids is 1. The first-order chi connectivity index (χ1) is 12.1. The number of fused-ring (bicyclic) bond motifs is 1. The molecule has 0 saturated heterocycles. The van der Waals surface area contributed by atoms with Gasteiger partial charge in [0.15, 0.2) is 5.65 Å². The van der Waals surface area contributed by atoms with Crippen LogP contribution >= 0.6 is 0 Å². The molecule has 0 unspecified atom stereocenters. The number of H-pyrrole nitrogens is 1. The Morgan fingerprint density at radius 3 is 2.72 bits per heavy atom. The van der Waals surface area contributed by atoms with E-state index >= 15 is 0 Å². The van der Waals surface area contributed by atoms with Crippen molar-refractivity contribution in [1.29, 1.82) is 0 Å². The van der Waals surface area contributed by atoms with Gasteiger partial charge in [-0.05, 0) is 32.3 Å². The van der Waals surface area contributed by atoms with Gasteiger partial charge in [-0.2, -0.15) is 0 Å². The van der Waals surface area contributed by atoms with Crippen LogP contribution in [0.4, 0.5) is 0 Å². The Hall–Kier alpha value is -2.44. The van der Waals surface area contributed by atoms with Crippen LogP contribution in [0.15, 0.2) is 15.7 Å². The number of carbonyl (C=O) groups is 1. The second-order valence-electron chi connectivity index (χ2n) is 6.53. The topological polar surface area (TPSA) is 96.8 Å². The number of aromatic amines is 1. The summed E-state index contributed by atoms with van der Waals surface area (Å²) in [7, 11) is 0. The Bertz CT molecular complexity index is 909. The third-order valence-electron chi connectivity index (χ3n) is 4.59. The van der Waals surface area contributed by atoms with Crippen LogP contribution in [-0.4, -0.2) is 27.0 Å². The van der Waals surface area contributed by atoms with E-state index in [1.807, 2.05) is 6.92 Å². The van der Waals surface area contributed by atoms with E-state index in [2.05, 4.69) is 22.2 Å². The monoisotopic (exact) mass is 344 g/mol. The van der Waals surface area contributed by atoms with Crippen LogP contribution in [0.3, 0.4) is 0 Å². The van der Waals surface area contributed by atoms with E-state index in [0.29, 0.717) is 30.2 Å². The van der Waals surface area contributed by atoms with E-state index in [1.165, 1.54) is 4.57 Å². The molecule has 0 bridgehead atoms. The van der Waals surface area contributed by atoms with Gasteiger partial charge in [0.05, 0.1) is 10.9 Å². The van der Waals surface area contributed by atoms with Gasteiger partial charge in [-0.1, -0.05) is 19.8 Å². The van der Waals surface area contributed by atoms with E-state index < -0.39 is 11.2 Å². The maximum atomic E-state index is 12.7. The van der Waals surface area contributed by atoms with Crippen molar-refractivity contribution in [3.63, 3.8) is 0 Å². The molecule has 2 aromatic rings. The number of amides is 1. The van der Waals surface area contributed by atoms with Crippen molar-refractivity contribution in [2.45, 2.75) is 58.4 Å². The number of nitrogens with one attached hydrogen (secondary N) is 2. The third-order valence-corrected chi connectivity index (χ3v) is 4.59. The average molecular weight is 344 g/mol. The molecule has 134 valence electrons. The van der Waals surface area contributed by atoms with Crippen LogP contribution in [0.1, 0.15) is 67.9 Å². The number of hydrogen-bond acceptors (Lipinski definition) is 4. The molecule has 0 spiro atoms. The lowest BCUT2D eigenvalue weighted by Gasteiger charge is -2.12. The second-order valence-corrected chi connectivity index (χ2v) is 6.53. The van der Waals surface area contributed by atoms with E-state index in [4.69, 9.17) is 0 Å². The van der Waals surface area contributed by atoms with Crippen molar-refractivity contribution in [3.05, 3.63) is 38.2 Å². The molecule has 7 nitrogen and oxygen atoms in total. The van der Waals surface area contributed by atoms with Crippen molar-refractivity contribution in [2.24, 2.45) is 0 Å². The smallest absolute Gasteiger partial charge is 0.329 e. The normalized spacial score (nSPS) is 14.0. The molecule has 25 heavy (non-hydrogen) atoms. The molecular weight excluding hydrogens is 320 g/mol. The van der Waals surface area contributed by atoms with Crippen LogP contribution in [0, 0.1) is 0 Å². The molecule has 2 heterocycles. The summed E-state index contributed by atoms with van der Waals surface area (Å²) in [6.07, 6.45) is 5.06. The van der Waals surface area contributed by atoms with Crippen LogP contribution in [0.2, 0.25) is 0 Å². The van der Waals surface area contributed by atoms with E-state index in [9.17, 15) is 14.4 Å². The van der Waals surface area contributed by atoms with Gasteiger partial charge in [-0.3, -0.25) is 19.1 Å². The Balaban J connectivity index is 2.11. The largest absolute Gasteiger partial charge is 0.352 e. The van der Waals surface area contributed by atoms with Gasteiger partial charge in [0, 0.05) is 24.7 Å². The third kappa shape index (κ3) is 3.50. The lowest BCUT2D eigenvalue weighted by molar-refractivity contribution is 0.0954. The first-order valence-corrected chi connectivity index (χ1v) is 9.02. The molecule has 0 aliphatic heterocycles. The maximum absolute atomic E-state index is 12.7. The second kappa shape index (κ2) is 7.21. The average Bonchev–Trinajstić information content (AvgIpc) is 3.43. The fourth-order valence-electron chi connectivity index (χ4n) is 3.03. The highest BCUT2D eigenvalue weighted by Gasteiger charge is 2.28. The van der Waals surface area contributed by atoms with Gasteiger partial charge in [0.25, 0.3) is 11.5 Å². The Morgan fingerprint density at radius 2 is 2.08 bits per heavy atom. The minimum atomic E-state index is -0.557. The summed E-state index contributed by atoms with van der Waals surface area (Å²) in [5.74, 6) is 0.0351. The van der Waals surface area contributed by atoms with Gasteiger partial charge in [0.2, 0.25) is 0 Å². The SMILES string of the molecule is CCCCCNC(=O)c1cc(C2CC2)nc2c1c(=O)[nH]c(=O)n2CC. The van der Waals surface area contributed by atoms with Crippen LogP contribution in [0.5, 0.6) is 0 Å². The lowest BCUT2D eigenvalue weighted by Crippen LogP contribution is -2.33. The zero-order valence-corrected chi connectivity index (χ0v) is 14.7. The van der Waals surface area contributed by atoms with Crippen LogP contribution in [-0.2, 0) is 6.54 Å². The molecule has 1 aliphatic rings. The van der Waals surface area contributed by atoms with E-state index in [0.717, 1.165) is 37.8 Å². The van der Waals surface area contributed by atoms with Gasteiger partial charge < -0.3 is 5.32 Å². The Labute approximate surface area is 145 Å². The molecule has 3 rings (SSSR count). The molecule has 0 radical (unpaired) electrons. The lowest BCUT2D eigenvalue weighted by atomic mass is 10.1. The maximum Gasteiger partial charge on any atom is 0.329 e. The fraction of sp³-hybridized carbons (Fsp3) is 0.556. The van der Waals surface area contributed by atoms with Crippen molar-refractivity contribution in [3.8, 4) is 0 Å². The Morgan fingerprint density at radius 1 is 1.32 bits per heavy atom. The van der Waals surface area contributed by atoms with Gasteiger partial charge >= 0.3 is 5.69 Å². The van der Waals surface area contributed by atoms with E-state index in [1.54, 1.807) is 6.07 Å². The summed E-state index contributed by atoms with van der Waals surface area (Å²) in [5, 5.41) is 3.08. The number of aryl methyl sites for hydroxylation is 1. The predicted molar refractivity (Wildman–Crippen MR) is 96.1 cm³/mol. The number of pyridine rings is 1. The molecule has 1 fully saturated rings. The molecule has 0 atom stereocenters. The van der Waals surface area contributed by atoms with Crippen molar-refractivity contribution >= 4 is 16.9 Å². The minimum Gasteiger partial charge on any atom is -0.352 e. The van der Waals surface area contributed by atoms with E-state index in [-0.39, 0.29) is 11.3 Å².